The largest absolute Gasteiger partial charge is 0.309 e. The first-order valence-electron chi connectivity index (χ1n) is 16.9. The van der Waals surface area contributed by atoms with Crippen molar-refractivity contribution in [3.05, 3.63) is 187 Å². The fourth-order valence-corrected chi connectivity index (χ4v) is 8.79. The molecule has 234 valence electrons. The van der Waals surface area contributed by atoms with E-state index >= 15 is 0 Å². The lowest BCUT2D eigenvalue weighted by Gasteiger charge is -2.29. The predicted molar refractivity (Wildman–Crippen MR) is 213 cm³/mol. The number of thiophene rings is 1. The Kier molecular flexibility index (Phi) is 7.07. The van der Waals surface area contributed by atoms with Crippen LogP contribution in [-0.2, 0) is 5.41 Å². The zero-order chi connectivity index (χ0) is 33.0. The van der Waals surface area contributed by atoms with Crippen molar-refractivity contribution in [3.63, 3.8) is 0 Å². The topological polar surface area (TPSA) is 3.24 Å². The number of hydrogen-bond acceptors (Lipinski definition) is 2. The summed E-state index contributed by atoms with van der Waals surface area (Å²) in [6, 6.07) is 64.3. The Hall–Kier alpha value is -5.70. The normalized spacial score (nSPS) is 11.9. The SMILES string of the molecule is CC(C)(c1ccccc1)c1ccc(N(c2ccc(-c3ccccc3)cc2)c2cccc3c2sc2c3ccc3ccc4ccccc4c32)cc1. The van der Waals surface area contributed by atoms with Gasteiger partial charge in [-0.1, -0.05) is 159 Å². The Morgan fingerprint density at radius 1 is 0.408 bits per heavy atom. The molecule has 0 aliphatic rings. The third-order valence-corrected chi connectivity index (χ3v) is 11.4. The van der Waals surface area contributed by atoms with E-state index in [2.05, 4.69) is 195 Å². The van der Waals surface area contributed by atoms with Gasteiger partial charge in [-0.15, -0.1) is 11.3 Å². The smallest absolute Gasteiger partial charge is 0.0640 e. The van der Waals surface area contributed by atoms with E-state index in [0.29, 0.717) is 0 Å². The molecular formula is C47H35NS. The molecule has 9 rings (SSSR count). The molecule has 8 aromatic carbocycles. The maximum atomic E-state index is 2.44. The van der Waals surface area contributed by atoms with E-state index in [1.54, 1.807) is 0 Å². The first-order valence-corrected chi connectivity index (χ1v) is 17.8. The van der Waals surface area contributed by atoms with Gasteiger partial charge in [0.05, 0.1) is 10.4 Å². The van der Waals surface area contributed by atoms with Crippen LogP contribution in [0.1, 0.15) is 25.0 Å². The fourth-order valence-electron chi connectivity index (χ4n) is 7.41. The summed E-state index contributed by atoms with van der Waals surface area (Å²) in [7, 11) is 0. The van der Waals surface area contributed by atoms with Crippen LogP contribution in [0.5, 0.6) is 0 Å². The molecule has 0 N–H and O–H groups in total. The highest BCUT2D eigenvalue weighted by Gasteiger charge is 2.24. The molecule has 0 saturated carbocycles. The van der Waals surface area contributed by atoms with Crippen molar-refractivity contribution in [1.29, 1.82) is 0 Å². The Morgan fingerprint density at radius 3 is 1.71 bits per heavy atom. The van der Waals surface area contributed by atoms with Gasteiger partial charge in [-0.3, -0.25) is 0 Å². The number of anilines is 3. The molecule has 2 heteroatoms. The molecule has 0 amide bonds. The molecule has 9 aromatic rings. The summed E-state index contributed by atoms with van der Waals surface area (Å²) in [6.45, 7) is 4.62. The monoisotopic (exact) mass is 645 g/mol. The molecule has 0 spiro atoms. The van der Waals surface area contributed by atoms with Gasteiger partial charge in [-0.2, -0.15) is 0 Å². The lowest BCUT2D eigenvalue weighted by Crippen LogP contribution is -2.19. The summed E-state index contributed by atoms with van der Waals surface area (Å²) in [4.78, 5) is 2.44. The molecule has 0 saturated heterocycles. The van der Waals surface area contributed by atoms with E-state index in [1.165, 1.54) is 69.7 Å². The summed E-state index contributed by atoms with van der Waals surface area (Å²) in [5, 5.41) is 7.81. The molecule has 0 fully saturated rings. The summed E-state index contributed by atoms with van der Waals surface area (Å²) in [5.41, 5.74) is 8.38. The van der Waals surface area contributed by atoms with Crippen LogP contribution in [0.25, 0.3) is 52.8 Å². The molecule has 0 atom stereocenters. The number of rotatable bonds is 6. The molecule has 0 radical (unpaired) electrons. The Morgan fingerprint density at radius 2 is 0.959 bits per heavy atom. The maximum absolute atomic E-state index is 2.44. The Balaban J connectivity index is 1.24. The van der Waals surface area contributed by atoms with E-state index in [1.807, 2.05) is 11.3 Å². The van der Waals surface area contributed by atoms with Crippen LogP contribution in [0.4, 0.5) is 17.1 Å². The molecule has 0 unspecified atom stereocenters. The highest BCUT2D eigenvalue weighted by molar-refractivity contribution is 7.27. The van der Waals surface area contributed by atoms with Crippen LogP contribution in [-0.4, -0.2) is 0 Å². The second-order valence-electron chi connectivity index (χ2n) is 13.4. The van der Waals surface area contributed by atoms with Crippen molar-refractivity contribution in [2.45, 2.75) is 19.3 Å². The molecule has 0 bridgehead atoms. The highest BCUT2D eigenvalue weighted by Crippen LogP contribution is 2.48. The van der Waals surface area contributed by atoms with E-state index in [0.717, 1.165) is 11.4 Å². The molecule has 1 nitrogen and oxygen atoms in total. The third kappa shape index (κ3) is 4.99. The van der Waals surface area contributed by atoms with Gasteiger partial charge < -0.3 is 4.90 Å². The minimum absolute atomic E-state index is 0.114. The van der Waals surface area contributed by atoms with Crippen molar-refractivity contribution < 1.29 is 0 Å². The van der Waals surface area contributed by atoms with Crippen molar-refractivity contribution >= 4 is 70.1 Å². The van der Waals surface area contributed by atoms with Crippen molar-refractivity contribution in [1.82, 2.24) is 0 Å². The van der Waals surface area contributed by atoms with Crippen LogP contribution < -0.4 is 4.90 Å². The van der Waals surface area contributed by atoms with Crippen LogP contribution in [0.15, 0.2) is 176 Å². The number of hydrogen-bond donors (Lipinski definition) is 0. The van der Waals surface area contributed by atoms with Gasteiger partial charge in [0.1, 0.15) is 0 Å². The average Bonchev–Trinajstić information content (AvgIpc) is 3.56. The molecular weight excluding hydrogens is 611 g/mol. The molecule has 0 aliphatic heterocycles. The predicted octanol–water partition coefficient (Wildman–Crippen LogP) is 13.8. The third-order valence-electron chi connectivity index (χ3n) is 10.2. The van der Waals surface area contributed by atoms with E-state index < -0.39 is 0 Å². The highest BCUT2D eigenvalue weighted by atomic mass is 32.1. The standard InChI is InChI=1S/C47H35NS/c1-47(2,36-15-7-4-8-16-36)37-25-29-39(30-26-37)48(38-27-22-33(23-28-38)32-12-5-3-6-13-32)43-19-11-18-41-42-31-24-35-21-20-34-14-9-10-17-40(34)44(35)46(42)49-45(41)43/h3-31H,1-2H3. The molecule has 0 aliphatic carbocycles. The zero-order valence-corrected chi connectivity index (χ0v) is 28.4. The second-order valence-corrected chi connectivity index (χ2v) is 14.4. The average molecular weight is 646 g/mol. The van der Waals surface area contributed by atoms with Gasteiger partial charge >= 0.3 is 0 Å². The van der Waals surface area contributed by atoms with Crippen LogP contribution in [0.2, 0.25) is 0 Å². The van der Waals surface area contributed by atoms with Gasteiger partial charge in [0, 0.05) is 37.6 Å². The van der Waals surface area contributed by atoms with Crippen molar-refractivity contribution in [3.8, 4) is 11.1 Å². The summed E-state index contributed by atoms with van der Waals surface area (Å²) >= 11 is 1.91. The second kappa shape index (κ2) is 11.8. The first kappa shape index (κ1) is 29.4. The number of benzene rings is 8. The molecule has 1 aromatic heterocycles. The van der Waals surface area contributed by atoms with Crippen molar-refractivity contribution in [2.75, 3.05) is 4.90 Å². The van der Waals surface area contributed by atoms with Gasteiger partial charge in [-0.25, -0.2) is 0 Å². The van der Waals surface area contributed by atoms with Crippen LogP contribution >= 0.6 is 11.3 Å². The van der Waals surface area contributed by atoms with Gasteiger partial charge in [-0.05, 0) is 68.7 Å². The van der Waals surface area contributed by atoms with E-state index in [9.17, 15) is 0 Å². The summed E-state index contributed by atoms with van der Waals surface area (Å²) in [5.74, 6) is 0. The number of fused-ring (bicyclic) bond motifs is 7. The lowest BCUT2D eigenvalue weighted by molar-refractivity contribution is 0.641. The minimum atomic E-state index is -0.114. The Bertz CT molecular complexity index is 2600. The fraction of sp³-hybridized carbons (Fsp3) is 0.0638. The molecule has 1 heterocycles. The van der Waals surface area contributed by atoms with Crippen LogP contribution in [0, 0.1) is 0 Å². The van der Waals surface area contributed by atoms with E-state index in [-0.39, 0.29) is 5.41 Å². The zero-order valence-electron chi connectivity index (χ0n) is 27.6. The van der Waals surface area contributed by atoms with Gasteiger partial charge in [0.2, 0.25) is 0 Å². The summed E-state index contributed by atoms with van der Waals surface area (Å²) in [6.07, 6.45) is 0. The van der Waals surface area contributed by atoms with Gasteiger partial charge in [0.25, 0.3) is 0 Å². The van der Waals surface area contributed by atoms with Crippen LogP contribution in [0.3, 0.4) is 0 Å². The number of nitrogens with zero attached hydrogens (tertiary/aromatic N) is 1. The quantitative estimate of drug-likeness (QED) is 0.163. The molecule has 49 heavy (non-hydrogen) atoms. The maximum Gasteiger partial charge on any atom is 0.0640 e. The van der Waals surface area contributed by atoms with Crippen molar-refractivity contribution in [2.24, 2.45) is 0 Å². The Labute approximate surface area is 291 Å². The van der Waals surface area contributed by atoms with Gasteiger partial charge in [0.15, 0.2) is 0 Å². The lowest BCUT2D eigenvalue weighted by atomic mass is 9.78. The minimum Gasteiger partial charge on any atom is -0.309 e. The first-order chi connectivity index (χ1) is 24.1. The van der Waals surface area contributed by atoms with E-state index in [4.69, 9.17) is 0 Å². The summed E-state index contributed by atoms with van der Waals surface area (Å²) < 4.78 is 2.63.